The summed E-state index contributed by atoms with van der Waals surface area (Å²) in [4.78, 5) is 16.4. The molecule has 7 heteroatoms. The monoisotopic (exact) mass is 404 g/mol. The minimum Gasteiger partial charge on any atom is -0.489 e. The van der Waals surface area contributed by atoms with Gasteiger partial charge in [0.15, 0.2) is 0 Å². The Labute approximate surface area is 166 Å². The fourth-order valence-corrected chi connectivity index (χ4v) is 3.53. The maximum atomic E-state index is 13.7. The average Bonchev–Trinajstić information content (AvgIpc) is 3.10. The SMILES string of the molecule is CC(C)NC(=O)c1csc(-c2ccc(OCc3ccccc3F)cc2Cl)n1. The molecule has 1 N–H and O–H groups in total. The van der Waals surface area contributed by atoms with Crippen LogP contribution in [-0.4, -0.2) is 16.9 Å². The molecule has 0 unspecified atom stereocenters. The summed E-state index contributed by atoms with van der Waals surface area (Å²) in [5.41, 5.74) is 1.54. The van der Waals surface area contributed by atoms with Gasteiger partial charge in [-0.25, -0.2) is 9.37 Å². The molecule has 0 fully saturated rings. The highest BCUT2D eigenvalue weighted by atomic mass is 35.5. The number of thiazole rings is 1. The topological polar surface area (TPSA) is 51.2 Å². The fourth-order valence-electron chi connectivity index (χ4n) is 2.37. The van der Waals surface area contributed by atoms with Gasteiger partial charge in [0.1, 0.15) is 28.9 Å². The molecule has 0 bridgehead atoms. The number of aromatic nitrogens is 1. The second kappa shape index (κ2) is 8.50. The fraction of sp³-hybridized carbons (Fsp3) is 0.200. The van der Waals surface area contributed by atoms with Crippen molar-refractivity contribution in [2.75, 3.05) is 0 Å². The molecule has 0 spiro atoms. The number of hydrogen-bond acceptors (Lipinski definition) is 4. The van der Waals surface area contributed by atoms with E-state index in [1.807, 2.05) is 13.8 Å². The molecule has 1 aromatic heterocycles. The molecule has 2 aromatic carbocycles. The number of carbonyl (C=O) groups excluding carboxylic acids is 1. The third kappa shape index (κ3) is 4.84. The molecule has 0 radical (unpaired) electrons. The number of halogens is 2. The standard InChI is InChI=1S/C20H18ClFN2O2S/c1-12(2)23-19(25)18-11-27-20(24-18)15-8-7-14(9-16(15)21)26-10-13-5-3-4-6-17(13)22/h3-9,11-12H,10H2,1-2H3,(H,23,25). The van der Waals surface area contributed by atoms with Crippen LogP contribution >= 0.6 is 22.9 Å². The number of benzene rings is 2. The molecule has 0 saturated heterocycles. The summed E-state index contributed by atoms with van der Waals surface area (Å²) in [5, 5.41) is 5.60. The van der Waals surface area contributed by atoms with Crippen molar-refractivity contribution in [1.82, 2.24) is 10.3 Å². The molecule has 0 saturated carbocycles. The summed E-state index contributed by atoms with van der Waals surface area (Å²) in [6, 6.07) is 11.7. The Kier molecular flexibility index (Phi) is 6.08. The van der Waals surface area contributed by atoms with Crippen LogP contribution in [0.3, 0.4) is 0 Å². The van der Waals surface area contributed by atoms with E-state index < -0.39 is 0 Å². The van der Waals surface area contributed by atoms with Crippen molar-refractivity contribution >= 4 is 28.8 Å². The van der Waals surface area contributed by atoms with E-state index in [4.69, 9.17) is 16.3 Å². The van der Waals surface area contributed by atoms with Crippen molar-refractivity contribution in [2.24, 2.45) is 0 Å². The highest BCUT2D eigenvalue weighted by Gasteiger charge is 2.15. The minimum absolute atomic E-state index is 0.0390. The van der Waals surface area contributed by atoms with Gasteiger partial charge in [-0.05, 0) is 38.1 Å². The van der Waals surface area contributed by atoms with Crippen molar-refractivity contribution in [1.29, 1.82) is 0 Å². The molecule has 3 rings (SSSR count). The smallest absolute Gasteiger partial charge is 0.270 e. The molecular weight excluding hydrogens is 387 g/mol. The van der Waals surface area contributed by atoms with Crippen LogP contribution in [0, 0.1) is 5.82 Å². The minimum atomic E-state index is -0.310. The number of nitrogens with one attached hydrogen (secondary N) is 1. The summed E-state index contributed by atoms with van der Waals surface area (Å²) in [6.45, 7) is 3.89. The van der Waals surface area contributed by atoms with Crippen LogP contribution in [0.4, 0.5) is 4.39 Å². The maximum absolute atomic E-state index is 13.7. The molecule has 0 aliphatic rings. The van der Waals surface area contributed by atoms with Gasteiger partial charge in [0, 0.05) is 22.5 Å². The van der Waals surface area contributed by atoms with Crippen LogP contribution in [0.15, 0.2) is 47.8 Å². The van der Waals surface area contributed by atoms with Gasteiger partial charge in [0.2, 0.25) is 0 Å². The first-order valence-electron chi connectivity index (χ1n) is 8.36. The Morgan fingerprint density at radius 1 is 1.30 bits per heavy atom. The number of ether oxygens (including phenoxy) is 1. The lowest BCUT2D eigenvalue weighted by Gasteiger charge is -2.09. The van der Waals surface area contributed by atoms with Crippen molar-refractivity contribution in [3.8, 4) is 16.3 Å². The lowest BCUT2D eigenvalue weighted by atomic mass is 10.2. The average molecular weight is 405 g/mol. The molecule has 140 valence electrons. The molecule has 1 heterocycles. The van der Waals surface area contributed by atoms with Crippen molar-refractivity contribution < 1.29 is 13.9 Å². The molecule has 3 aromatic rings. The second-order valence-electron chi connectivity index (χ2n) is 6.19. The van der Waals surface area contributed by atoms with E-state index in [2.05, 4.69) is 10.3 Å². The first-order chi connectivity index (χ1) is 12.9. The van der Waals surface area contributed by atoms with Crippen LogP contribution in [0.2, 0.25) is 5.02 Å². The van der Waals surface area contributed by atoms with Gasteiger partial charge in [0.25, 0.3) is 5.91 Å². The zero-order chi connectivity index (χ0) is 19.4. The van der Waals surface area contributed by atoms with Gasteiger partial charge in [-0.1, -0.05) is 29.8 Å². The van der Waals surface area contributed by atoms with E-state index in [0.717, 1.165) is 0 Å². The zero-order valence-corrected chi connectivity index (χ0v) is 16.4. The van der Waals surface area contributed by atoms with Gasteiger partial charge < -0.3 is 10.1 Å². The lowest BCUT2D eigenvalue weighted by Crippen LogP contribution is -2.30. The largest absolute Gasteiger partial charge is 0.489 e. The normalized spacial score (nSPS) is 10.9. The third-order valence-corrected chi connectivity index (χ3v) is 4.87. The van der Waals surface area contributed by atoms with Gasteiger partial charge in [-0.3, -0.25) is 4.79 Å². The Morgan fingerprint density at radius 2 is 2.07 bits per heavy atom. The number of nitrogens with zero attached hydrogens (tertiary/aromatic N) is 1. The molecular formula is C20H18ClFN2O2S. The molecule has 4 nitrogen and oxygen atoms in total. The van der Waals surface area contributed by atoms with E-state index in [-0.39, 0.29) is 24.4 Å². The van der Waals surface area contributed by atoms with E-state index >= 15 is 0 Å². The van der Waals surface area contributed by atoms with Crippen LogP contribution in [-0.2, 0) is 6.61 Å². The van der Waals surface area contributed by atoms with Crippen LogP contribution < -0.4 is 10.1 Å². The van der Waals surface area contributed by atoms with Gasteiger partial charge in [-0.15, -0.1) is 11.3 Å². The summed E-state index contributed by atoms with van der Waals surface area (Å²) in [6.07, 6.45) is 0. The molecule has 0 atom stereocenters. The van der Waals surface area contributed by atoms with Crippen LogP contribution in [0.1, 0.15) is 29.9 Å². The maximum Gasteiger partial charge on any atom is 0.270 e. The number of amides is 1. The Morgan fingerprint density at radius 3 is 2.78 bits per heavy atom. The summed E-state index contributed by atoms with van der Waals surface area (Å²) in [7, 11) is 0. The lowest BCUT2D eigenvalue weighted by molar-refractivity contribution is 0.0939. The highest BCUT2D eigenvalue weighted by Crippen LogP contribution is 2.33. The van der Waals surface area contributed by atoms with Crippen molar-refractivity contribution in [3.05, 3.63) is 69.9 Å². The van der Waals surface area contributed by atoms with E-state index in [1.54, 1.807) is 41.8 Å². The number of carbonyl (C=O) groups is 1. The Balaban J connectivity index is 1.72. The van der Waals surface area contributed by atoms with Gasteiger partial charge >= 0.3 is 0 Å². The third-order valence-electron chi connectivity index (χ3n) is 3.68. The van der Waals surface area contributed by atoms with E-state index in [9.17, 15) is 9.18 Å². The van der Waals surface area contributed by atoms with Crippen LogP contribution in [0.25, 0.3) is 10.6 Å². The predicted molar refractivity (Wildman–Crippen MR) is 106 cm³/mol. The molecule has 0 aliphatic heterocycles. The molecule has 1 amide bonds. The summed E-state index contributed by atoms with van der Waals surface area (Å²) >= 11 is 7.71. The predicted octanol–water partition coefficient (Wildman–Crippen LogP) is 5.32. The Hall–Kier alpha value is -2.44. The summed E-state index contributed by atoms with van der Waals surface area (Å²) in [5.74, 6) is 0.00463. The highest BCUT2D eigenvalue weighted by molar-refractivity contribution is 7.13. The van der Waals surface area contributed by atoms with Crippen LogP contribution in [0.5, 0.6) is 5.75 Å². The van der Waals surface area contributed by atoms with E-state index in [0.29, 0.717) is 32.6 Å². The van der Waals surface area contributed by atoms with Crippen molar-refractivity contribution in [3.63, 3.8) is 0 Å². The van der Waals surface area contributed by atoms with Crippen molar-refractivity contribution in [2.45, 2.75) is 26.5 Å². The number of hydrogen-bond donors (Lipinski definition) is 1. The number of rotatable bonds is 6. The first-order valence-corrected chi connectivity index (χ1v) is 9.62. The molecule has 27 heavy (non-hydrogen) atoms. The van der Waals surface area contributed by atoms with E-state index in [1.165, 1.54) is 17.4 Å². The van der Waals surface area contributed by atoms with Gasteiger partial charge in [-0.2, -0.15) is 0 Å². The zero-order valence-electron chi connectivity index (χ0n) is 14.8. The summed E-state index contributed by atoms with van der Waals surface area (Å²) < 4.78 is 19.3. The second-order valence-corrected chi connectivity index (χ2v) is 7.45. The Bertz CT molecular complexity index is 959. The quantitative estimate of drug-likeness (QED) is 0.604. The van der Waals surface area contributed by atoms with Gasteiger partial charge in [0.05, 0.1) is 5.02 Å². The molecule has 0 aliphatic carbocycles. The first kappa shape index (κ1) is 19.3.